The zero-order chi connectivity index (χ0) is 9.94. The van der Waals surface area contributed by atoms with Gasteiger partial charge in [-0.15, -0.1) is 0 Å². The second-order valence-electron chi connectivity index (χ2n) is 4.07. The summed E-state index contributed by atoms with van der Waals surface area (Å²) in [5.41, 5.74) is -0.160. The third-order valence-corrected chi connectivity index (χ3v) is 1.85. The summed E-state index contributed by atoms with van der Waals surface area (Å²) in [4.78, 5) is 10.4. The molecular weight excluding hydrogens is 177 g/mol. The van der Waals surface area contributed by atoms with Crippen LogP contribution in [0.2, 0.25) is 0 Å². The third kappa shape index (κ3) is 4.21. The van der Waals surface area contributed by atoms with E-state index in [9.17, 15) is 4.57 Å². The lowest BCUT2D eigenvalue weighted by Gasteiger charge is -2.34. The number of nitrogens with zero attached hydrogens (tertiary/aromatic N) is 1. The van der Waals surface area contributed by atoms with Gasteiger partial charge in [-0.25, -0.2) is 0 Å². The molecule has 5 heteroatoms. The Kier molecular flexibility index (Phi) is 4.42. The minimum Gasteiger partial charge on any atom is -0.326 e. The lowest BCUT2D eigenvalue weighted by molar-refractivity contribution is -0.0240. The fourth-order valence-corrected chi connectivity index (χ4v) is 1.91. The Balaban J connectivity index is 4.35. The minimum atomic E-state index is -2.85. The van der Waals surface area contributed by atoms with Gasteiger partial charge in [0.1, 0.15) is 6.23 Å². The number of rotatable bonds is 3. The molecule has 0 aliphatic heterocycles. The molecule has 0 heterocycles. The quantitative estimate of drug-likeness (QED) is 0.545. The summed E-state index contributed by atoms with van der Waals surface area (Å²) in [5.74, 6) is 0. The van der Waals surface area contributed by atoms with Crippen molar-refractivity contribution < 1.29 is 14.0 Å². The van der Waals surface area contributed by atoms with E-state index in [1.165, 1.54) is 0 Å². The highest BCUT2D eigenvalue weighted by Gasteiger charge is 2.28. The fourth-order valence-electron chi connectivity index (χ4n) is 1.15. The lowest BCUT2D eigenvalue weighted by atomic mass is 9.94. The third-order valence-electron chi connectivity index (χ3n) is 1.42. The molecule has 0 aromatic heterocycles. The Hall–Kier alpha value is 0.110. The zero-order valence-electron chi connectivity index (χ0n) is 8.29. The Morgan fingerprint density at radius 3 is 1.92 bits per heavy atom. The molecule has 0 radical (unpaired) electrons. The van der Waals surface area contributed by atoms with Gasteiger partial charge in [-0.05, 0) is 14.1 Å². The smallest absolute Gasteiger partial charge is 0.318 e. The van der Waals surface area contributed by atoms with Gasteiger partial charge in [0.15, 0.2) is 0 Å². The predicted molar refractivity (Wildman–Crippen MR) is 49.2 cm³/mol. The summed E-state index contributed by atoms with van der Waals surface area (Å²) < 4.78 is 15.4. The van der Waals surface area contributed by atoms with Crippen LogP contribution in [0.15, 0.2) is 0 Å². The van der Waals surface area contributed by atoms with Crippen molar-refractivity contribution in [1.29, 1.82) is 0 Å². The molecule has 0 aliphatic rings. The molecule has 0 saturated carbocycles. The average Bonchev–Trinajstić information content (AvgIpc) is 1.79. The Bertz CT molecular complexity index is 165. The maximum Gasteiger partial charge on any atom is 0.318 e. The molecule has 2 atom stereocenters. The molecule has 0 rings (SSSR count). The Labute approximate surface area is 74.5 Å². The van der Waals surface area contributed by atoms with Crippen molar-refractivity contribution in [2.75, 3.05) is 14.1 Å². The van der Waals surface area contributed by atoms with Crippen molar-refractivity contribution in [2.45, 2.75) is 27.0 Å². The van der Waals surface area contributed by atoms with Crippen LogP contribution in [-0.2, 0) is 9.09 Å². The SMILES string of the molecule is CN(C)C(O[PH](=O)O)C(C)(C)C. The molecule has 74 valence electrons. The first-order chi connectivity index (χ1) is 5.25. The molecule has 0 fully saturated rings. The van der Waals surface area contributed by atoms with Crippen molar-refractivity contribution in [2.24, 2.45) is 5.41 Å². The largest absolute Gasteiger partial charge is 0.326 e. The standard InChI is InChI=1S/C7H18NO3P/c1-7(2,3)6(8(4)5)11-12(9)10/h6,12H,1-5H3,(H,9,10). The summed E-state index contributed by atoms with van der Waals surface area (Å²) >= 11 is 0. The maximum absolute atomic E-state index is 10.5. The van der Waals surface area contributed by atoms with Gasteiger partial charge in [0.25, 0.3) is 0 Å². The van der Waals surface area contributed by atoms with Crippen LogP contribution in [0, 0.1) is 5.41 Å². The molecule has 0 aliphatic carbocycles. The van der Waals surface area contributed by atoms with E-state index in [1.807, 2.05) is 34.9 Å². The van der Waals surface area contributed by atoms with Crippen LogP contribution < -0.4 is 0 Å². The van der Waals surface area contributed by atoms with E-state index in [1.54, 1.807) is 4.90 Å². The van der Waals surface area contributed by atoms with Crippen molar-refractivity contribution in [3.8, 4) is 0 Å². The molecule has 4 nitrogen and oxygen atoms in total. The van der Waals surface area contributed by atoms with Gasteiger partial charge in [0.05, 0.1) is 0 Å². The van der Waals surface area contributed by atoms with Gasteiger partial charge in [-0.1, -0.05) is 20.8 Å². The molecule has 0 aromatic rings. The Morgan fingerprint density at radius 1 is 1.42 bits per heavy atom. The fraction of sp³-hybridized carbons (Fsp3) is 1.00. The van der Waals surface area contributed by atoms with Gasteiger partial charge in [-0.2, -0.15) is 0 Å². The van der Waals surface area contributed by atoms with E-state index in [2.05, 4.69) is 0 Å². The molecule has 0 aromatic carbocycles. The van der Waals surface area contributed by atoms with E-state index in [4.69, 9.17) is 9.42 Å². The molecular formula is C7H18NO3P. The van der Waals surface area contributed by atoms with Gasteiger partial charge >= 0.3 is 8.25 Å². The molecule has 2 unspecified atom stereocenters. The van der Waals surface area contributed by atoms with Gasteiger partial charge in [-0.3, -0.25) is 14.0 Å². The number of hydrogen-bond donors (Lipinski definition) is 1. The normalized spacial score (nSPS) is 17.9. The zero-order valence-corrected chi connectivity index (χ0v) is 9.29. The van der Waals surface area contributed by atoms with Crippen molar-refractivity contribution in [3.63, 3.8) is 0 Å². The summed E-state index contributed by atoms with van der Waals surface area (Å²) in [7, 11) is 0.788. The first-order valence-corrected chi connectivity index (χ1v) is 5.07. The van der Waals surface area contributed by atoms with E-state index in [0.29, 0.717) is 0 Å². The van der Waals surface area contributed by atoms with Gasteiger partial charge < -0.3 is 4.89 Å². The first kappa shape index (κ1) is 12.1. The van der Waals surface area contributed by atoms with Crippen molar-refractivity contribution in [3.05, 3.63) is 0 Å². The van der Waals surface area contributed by atoms with E-state index >= 15 is 0 Å². The molecule has 1 N–H and O–H groups in total. The summed E-state index contributed by atoms with van der Waals surface area (Å²) in [6, 6.07) is 0. The second-order valence-corrected chi connectivity index (χ2v) is 4.83. The van der Waals surface area contributed by atoms with E-state index in [-0.39, 0.29) is 11.6 Å². The Morgan fingerprint density at radius 2 is 1.83 bits per heavy atom. The van der Waals surface area contributed by atoms with Crippen molar-refractivity contribution in [1.82, 2.24) is 4.90 Å². The van der Waals surface area contributed by atoms with Crippen LogP contribution >= 0.6 is 8.25 Å². The summed E-state index contributed by atoms with van der Waals surface area (Å²) in [5, 5.41) is 0. The van der Waals surface area contributed by atoms with E-state index < -0.39 is 8.25 Å². The molecule has 0 saturated heterocycles. The summed E-state index contributed by atoms with van der Waals surface area (Å²) in [6.45, 7) is 5.88. The second kappa shape index (κ2) is 4.38. The average molecular weight is 195 g/mol. The van der Waals surface area contributed by atoms with Gasteiger partial charge in [0.2, 0.25) is 0 Å². The topological polar surface area (TPSA) is 49.8 Å². The van der Waals surface area contributed by atoms with Crippen LogP contribution in [0.3, 0.4) is 0 Å². The van der Waals surface area contributed by atoms with Crippen LogP contribution in [0.1, 0.15) is 20.8 Å². The number of hydrogen-bond acceptors (Lipinski definition) is 3. The highest BCUT2D eigenvalue weighted by Crippen LogP contribution is 2.30. The predicted octanol–water partition coefficient (Wildman–Crippen LogP) is 1.32. The molecule has 12 heavy (non-hydrogen) atoms. The van der Waals surface area contributed by atoms with Gasteiger partial charge in [0, 0.05) is 5.41 Å². The maximum atomic E-state index is 10.5. The van der Waals surface area contributed by atoms with Crippen LogP contribution in [0.25, 0.3) is 0 Å². The molecule has 0 amide bonds. The van der Waals surface area contributed by atoms with Crippen LogP contribution in [0.5, 0.6) is 0 Å². The highest BCUT2D eigenvalue weighted by molar-refractivity contribution is 7.32. The first-order valence-electron chi connectivity index (χ1n) is 3.81. The lowest BCUT2D eigenvalue weighted by Crippen LogP contribution is -2.40. The van der Waals surface area contributed by atoms with Crippen molar-refractivity contribution >= 4 is 8.25 Å². The van der Waals surface area contributed by atoms with Crippen LogP contribution in [0.4, 0.5) is 0 Å². The van der Waals surface area contributed by atoms with Crippen LogP contribution in [-0.4, -0.2) is 30.1 Å². The highest BCUT2D eigenvalue weighted by atomic mass is 31.1. The monoisotopic (exact) mass is 195 g/mol. The minimum absolute atomic E-state index is 0.160. The molecule has 0 spiro atoms. The van der Waals surface area contributed by atoms with E-state index in [0.717, 1.165) is 0 Å². The summed E-state index contributed by atoms with van der Waals surface area (Å²) in [6.07, 6.45) is -0.325. The molecule has 0 bridgehead atoms.